The van der Waals surface area contributed by atoms with Crippen LogP contribution in [0.4, 0.5) is 5.69 Å². The number of rotatable bonds is 4. The number of methoxy groups -OCH3 is 1. The van der Waals surface area contributed by atoms with Crippen molar-refractivity contribution in [2.24, 2.45) is 0 Å². The van der Waals surface area contributed by atoms with Crippen LogP contribution >= 0.6 is 0 Å². The van der Waals surface area contributed by atoms with E-state index in [-0.39, 0.29) is 17.9 Å². The minimum absolute atomic E-state index is 0.0407. The van der Waals surface area contributed by atoms with E-state index < -0.39 is 11.2 Å². The summed E-state index contributed by atoms with van der Waals surface area (Å²) >= 11 is 0. The van der Waals surface area contributed by atoms with Gasteiger partial charge in [-0.05, 0) is 17.7 Å². The van der Waals surface area contributed by atoms with Gasteiger partial charge < -0.3 is 14.2 Å². The molecule has 0 unspecified atom stereocenters. The molecule has 2 aromatic rings. The number of nitro benzene ring substituents is 1. The molecule has 0 aliphatic carbocycles. The quantitative estimate of drug-likeness (QED) is 0.639. The minimum Gasteiger partial charge on any atom is -0.376 e. The SMILES string of the molecule is CO[C@@H]1CO[C@@H](c2ccc([N+](=O)[O-])cc2)O[C@H]1c1ccccc1. The second-order valence-electron chi connectivity index (χ2n) is 5.26. The van der Waals surface area contributed by atoms with Crippen LogP contribution in [-0.2, 0) is 14.2 Å². The summed E-state index contributed by atoms with van der Waals surface area (Å²) in [4.78, 5) is 10.3. The summed E-state index contributed by atoms with van der Waals surface area (Å²) in [7, 11) is 1.62. The number of nitro groups is 1. The maximum absolute atomic E-state index is 10.7. The number of ether oxygens (including phenoxy) is 3. The lowest BCUT2D eigenvalue weighted by atomic mass is 10.0. The molecule has 1 heterocycles. The number of hydrogen-bond acceptors (Lipinski definition) is 5. The monoisotopic (exact) mass is 315 g/mol. The fourth-order valence-corrected chi connectivity index (χ4v) is 2.59. The van der Waals surface area contributed by atoms with Gasteiger partial charge in [0.25, 0.3) is 5.69 Å². The van der Waals surface area contributed by atoms with Gasteiger partial charge in [-0.15, -0.1) is 0 Å². The molecule has 2 aromatic carbocycles. The molecule has 3 rings (SSSR count). The third kappa shape index (κ3) is 3.39. The Morgan fingerprint density at radius 1 is 1.09 bits per heavy atom. The summed E-state index contributed by atoms with van der Waals surface area (Å²) in [5.41, 5.74) is 1.79. The molecule has 120 valence electrons. The molecule has 0 amide bonds. The highest BCUT2D eigenvalue weighted by Gasteiger charge is 2.34. The lowest BCUT2D eigenvalue weighted by molar-refractivity contribution is -0.384. The van der Waals surface area contributed by atoms with Crippen molar-refractivity contribution in [2.45, 2.75) is 18.5 Å². The molecule has 1 aliphatic rings. The lowest BCUT2D eigenvalue weighted by Gasteiger charge is -2.36. The van der Waals surface area contributed by atoms with E-state index in [1.807, 2.05) is 30.3 Å². The van der Waals surface area contributed by atoms with Crippen LogP contribution in [0.2, 0.25) is 0 Å². The number of nitrogens with zero attached hydrogens (tertiary/aromatic N) is 1. The summed E-state index contributed by atoms with van der Waals surface area (Å²) in [5, 5.41) is 10.7. The average molecular weight is 315 g/mol. The zero-order chi connectivity index (χ0) is 16.2. The van der Waals surface area contributed by atoms with E-state index in [1.54, 1.807) is 19.2 Å². The Morgan fingerprint density at radius 3 is 2.39 bits per heavy atom. The molecule has 3 atom stereocenters. The van der Waals surface area contributed by atoms with Crippen molar-refractivity contribution in [3.05, 3.63) is 75.8 Å². The number of benzene rings is 2. The Kier molecular flexibility index (Phi) is 4.66. The molecule has 0 aromatic heterocycles. The van der Waals surface area contributed by atoms with Crippen molar-refractivity contribution in [3.8, 4) is 0 Å². The van der Waals surface area contributed by atoms with Crippen molar-refractivity contribution in [3.63, 3.8) is 0 Å². The smallest absolute Gasteiger partial charge is 0.269 e. The summed E-state index contributed by atoms with van der Waals surface area (Å²) in [5.74, 6) is 0. The first-order valence-corrected chi connectivity index (χ1v) is 7.28. The average Bonchev–Trinajstić information content (AvgIpc) is 2.62. The molecule has 1 fully saturated rings. The predicted octanol–water partition coefficient (Wildman–Crippen LogP) is 3.40. The summed E-state index contributed by atoms with van der Waals surface area (Å²) in [6.45, 7) is 0.387. The molecule has 0 N–H and O–H groups in total. The fourth-order valence-electron chi connectivity index (χ4n) is 2.59. The van der Waals surface area contributed by atoms with E-state index in [4.69, 9.17) is 14.2 Å². The Hall–Kier alpha value is -2.28. The van der Waals surface area contributed by atoms with Gasteiger partial charge in [0, 0.05) is 24.8 Å². The van der Waals surface area contributed by atoms with E-state index >= 15 is 0 Å². The highest BCUT2D eigenvalue weighted by molar-refractivity contribution is 5.33. The van der Waals surface area contributed by atoms with Gasteiger partial charge in [0.2, 0.25) is 0 Å². The van der Waals surface area contributed by atoms with Gasteiger partial charge in [0.1, 0.15) is 12.2 Å². The normalized spacial score (nSPS) is 24.3. The van der Waals surface area contributed by atoms with E-state index in [2.05, 4.69) is 0 Å². The Bertz CT molecular complexity index is 658. The predicted molar refractivity (Wildman–Crippen MR) is 82.9 cm³/mol. The van der Waals surface area contributed by atoms with Crippen LogP contribution in [0.25, 0.3) is 0 Å². The third-order valence-electron chi connectivity index (χ3n) is 3.83. The van der Waals surface area contributed by atoms with Crippen LogP contribution < -0.4 is 0 Å². The highest BCUT2D eigenvalue weighted by Crippen LogP contribution is 2.36. The standard InChI is InChI=1S/C17H17NO5/c1-21-15-11-22-17(13-7-9-14(10-8-13)18(19)20)23-16(15)12-5-3-2-4-6-12/h2-10,15-17H,11H2,1H3/t15-,16+,17-/m1/s1. The van der Waals surface area contributed by atoms with Crippen LogP contribution in [0, 0.1) is 10.1 Å². The molecule has 1 aliphatic heterocycles. The molecular formula is C17H17NO5. The van der Waals surface area contributed by atoms with E-state index in [0.29, 0.717) is 6.61 Å². The van der Waals surface area contributed by atoms with Crippen LogP contribution in [0.3, 0.4) is 0 Å². The van der Waals surface area contributed by atoms with Gasteiger partial charge in [-0.2, -0.15) is 0 Å². The van der Waals surface area contributed by atoms with Crippen LogP contribution in [0.5, 0.6) is 0 Å². The van der Waals surface area contributed by atoms with Crippen molar-refractivity contribution < 1.29 is 19.1 Å². The topological polar surface area (TPSA) is 70.8 Å². The van der Waals surface area contributed by atoms with Crippen molar-refractivity contribution in [1.29, 1.82) is 0 Å². The van der Waals surface area contributed by atoms with Gasteiger partial charge >= 0.3 is 0 Å². The van der Waals surface area contributed by atoms with Gasteiger partial charge in [-0.1, -0.05) is 30.3 Å². The van der Waals surface area contributed by atoms with E-state index in [0.717, 1.165) is 11.1 Å². The summed E-state index contributed by atoms with van der Waals surface area (Å²) in [6, 6.07) is 16.0. The minimum atomic E-state index is -0.576. The Labute approximate surface area is 133 Å². The van der Waals surface area contributed by atoms with Gasteiger partial charge in [0.05, 0.1) is 11.5 Å². The van der Waals surface area contributed by atoms with Crippen LogP contribution in [-0.4, -0.2) is 24.7 Å². The van der Waals surface area contributed by atoms with Crippen molar-refractivity contribution in [1.82, 2.24) is 0 Å². The van der Waals surface area contributed by atoms with Crippen molar-refractivity contribution >= 4 is 5.69 Å². The van der Waals surface area contributed by atoms with Gasteiger partial charge in [0.15, 0.2) is 6.29 Å². The first-order chi connectivity index (χ1) is 11.2. The van der Waals surface area contributed by atoms with Gasteiger partial charge in [-0.25, -0.2) is 0 Å². The Morgan fingerprint density at radius 2 is 1.78 bits per heavy atom. The molecule has 0 bridgehead atoms. The molecular weight excluding hydrogens is 298 g/mol. The molecule has 0 saturated carbocycles. The second kappa shape index (κ2) is 6.87. The first kappa shape index (κ1) is 15.6. The first-order valence-electron chi connectivity index (χ1n) is 7.28. The van der Waals surface area contributed by atoms with Crippen molar-refractivity contribution in [2.75, 3.05) is 13.7 Å². The van der Waals surface area contributed by atoms with Crippen LogP contribution in [0.15, 0.2) is 54.6 Å². The number of hydrogen-bond donors (Lipinski definition) is 0. The molecule has 23 heavy (non-hydrogen) atoms. The zero-order valence-electron chi connectivity index (χ0n) is 12.6. The molecule has 6 nitrogen and oxygen atoms in total. The van der Waals surface area contributed by atoms with Gasteiger partial charge in [-0.3, -0.25) is 10.1 Å². The summed E-state index contributed by atoms with van der Waals surface area (Å²) < 4.78 is 17.2. The number of non-ortho nitro benzene ring substituents is 1. The molecule has 0 radical (unpaired) electrons. The maximum atomic E-state index is 10.7. The van der Waals surface area contributed by atoms with Crippen LogP contribution in [0.1, 0.15) is 23.5 Å². The van der Waals surface area contributed by atoms with E-state index in [1.165, 1.54) is 12.1 Å². The lowest BCUT2D eigenvalue weighted by Crippen LogP contribution is -2.36. The Balaban J connectivity index is 1.81. The molecule has 0 spiro atoms. The second-order valence-corrected chi connectivity index (χ2v) is 5.26. The summed E-state index contributed by atoms with van der Waals surface area (Å²) in [6.07, 6.45) is -1.03. The molecule has 1 saturated heterocycles. The maximum Gasteiger partial charge on any atom is 0.269 e. The largest absolute Gasteiger partial charge is 0.376 e. The zero-order valence-corrected chi connectivity index (χ0v) is 12.6. The highest BCUT2D eigenvalue weighted by atomic mass is 16.7. The molecule has 6 heteroatoms. The fraction of sp³-hybridized carbons (Fsp3) is 0.294. The van der Waals surface area contributed by atoms with E-state index in [9.17, 15) is 10.1 Å². The third-order valence-corrected chi connectivity index (χ3v) is 3.83.